The molecule has 1 fully saturated rings. The highest BCUT2D eigenvalue weighted by Gasteiger charge is 2.36. The Balaban J connectivity index is 1.43. The van der Waals surface area contributed by atoms with Crippen LogP contribution in [0.25, 0.3) is 0 Å². The van der Waals surface area contributed by atoms with Crippen LogP contribution in [0, 0.1) is 0 Å². The third kappa shape index (κ3) is 5.29. The van der Waals surface area contributed by atoms with E-state index in [9.17, 15) is 22.8 Å². The number of hydrogen-bond donors (Lipinski definition) is 1. The topological polar surface area (TPSA) is 109 Å². The molecule has 1 aromatic heterocycles. The molecule has 2 aliphatic rings. The van der Waals surface area contributed by atoms with E-state index in [1.54, 1.807) is 29.2 Å². The maximum absolute atomic E-state index is 12.9. The fraction of sp³-hybridized carbons (Fsp3) is 0.409. The molecule has 0 saturated heterocycles. The molecule has 11 heteroatoms. The first-order chi connectivity index (χ1) is 15.6. The molecule has 0 atom stereocenters. The van der Waals surface area contributed by atoms with E-state index >= 15 is 0 Å². The minimum absolute atomic E-state index is 0.0174. The molecule has 2 amide bonds. The molecule has 1 N–H and O–H groups in total. The van der Waals surface area contributed by atoms with Crippen LogP contribution < -0.4 is 10.9 Å². The summed E-state index contributed by atoms with van der Waals surface area (Å²) in [7, 11) is -3.34. The second kappa shape index (κ2) is 9.28. The van der Waals surface area contributed by atoms with Crippen molar-refractivity contribution in [2.45, 2.75) is 32.0 Å². The van der Waals surface area contributed by atoms with Crippen LogP contribution in [-0.2, 0) is 23.1 Å². The number of benzene rings is 1. The van der Waals surface area contributed by atoms with Gasteiger partial charge in [-0.15, -0.1) is 0 Å². The number of amides is 2. The van der Waals surface area contributed by atoms with Crippen LogP contribution in [0.1, 0.15) is 39.3 Å². The molecule has 1 saturated carbocycles. The smallest absolute Gasteiger partial charge is 0.270 e. The van der Waals surface area contributed by atoms with Gasteiger partial charge in [-0.1, -0.05) is 23.7 Å². The van der Waals surface area contributed by atoms with Crippen LogP contribution in [-0.4, -0.2) is 65.9 Å². The van der Waals surface area contributed by atoms with E-state index in [1.807, 2.05) is 0 Å². The second-order valence-electron chi connectivity index (χ2n) is 8.30. The molecule has 2 heterocycles. The zero-order valence-corrected chi connectivity index (χ0v) is 19.7. The first-order valence-electron chi connectivity index (χ1n) is 10.7. The standard InChI is InChI=1S/C22H25ClN4O5S/c1-33(31,32)27(17-6-7-17)13-11-25-10-12-26-19(22(25)30)9-8-18(21(26)29)20(28)24-14-15-2-4-16(23)5-3-15/h2-5,8-9,17H,6-7,10-14H2,1H3,(H,24,28). The van der Waals surface area contributed by atoms with E-state index in [0.717, 1.165) is 18.4 Å². The quantitative estimate of drug-likeness (QED) is 0.597. The zero-order chi connectivity index (χ0) is 23.8. The highest BCUT2D eigenvalue weighted by molar-refractivity contribution is 7.88. The van der Waals surface area contributed by atoms with Crippen molar-refractivity contribution < 1.29 is 18.0 Å². The van der Waals surface area contributed by atoms with Gasteiger partial charge in [0.05, 0.1) is 6.26 Å². The molecule has 33 heavy (non-hydrogen) atoms. The van der Waals surface area contributed by atoms with Crippen molar-refractivity contribution >= 4 is 33.4 Å². The van der Waals surface area contributed by atoms with Gasteiger partial charge >= 0.3 is 0 Å². The molecular weight excluding hydrogens is 468 g/mol. The molecule has 1 aromatic carbocycles. The number of carbonyl (C=O) groups excluding carboxylic acids is 2. The number of carbonyl (C=O) groups is 2. The summed E-state index contributed by atoms with van der Waals surface area (Å²) < 4.78 is 26.8. The first kappa shape index (κ1) is 23.5. The predicted octanol–water partition coefficient (Wildman–Crippen LogP) is 1.31. The summed E-state index contributed by atoms with van der Waals surface area (Å²) >= 11 is 5.86. The Bertz CT molecular complexity index is 1240. The average Bonchev–Trinajstić information content (AvgIpc) is 3.59. The van der Waals surface area contributed by atoms with E-state index < -0.39 is 21.5 Å². The Morgan fingerprint density at radius 1 is 1.12 bits per heavy atom. The Labute approximate surface area is 197 Å². The van der Waals surface area contributed by atoms with Crippen molar-refractivity contribution in [1.82, 2.24) is 19.1 Å². The van der Waals surface area contributed by atoms with Crippen LogP contribution in [0.4, 0.5) is 0 Å². The molecule has 1 aliphatic carbocycles. The molecule has 176 valence electrons. The molecule has 1 aliphatic heterocycles. The van der Waals surface area contributed by atoms with Gasteiger partial charge in [0, 0.05) is 43.8 Å². The molecule has 0 radical (unpaired) electrons. The summed E-state index contributed by atoms with van der Waals surface area (Å²) in [4.78, 5) is 39.9. The van der Waals surface area contributed by atoms with Crippen molar-refractivity contribution in [1.29, 1.82) is 0 Å². The van der Waals surface area contributed by atoms with Gasteiger partial charge in [-0.3, -0.25) is 14.4 Å². The highest BCUT2D eigenvalue weighted by atomic mass is 35.5. The van der Waals surface area contributed by atoms with Gasteiger partial charge in [0.1, 0.15) is 11.3 Å². The Morgan fingerprint density at radius 3 is 2.45 bits per heavy atom. The Hall–Kier alpha value is -2.69. The molecule has 9 nitrogen and oxygen atoms in total. The molecule has 2 aromatic rings. The number of halogens is 1. The van der Waals surface area contributed by atoms with Gasteiger partial charge < -0.3 is 14.8 Å². The lowest BCUT2D eigenvalue weighted by Crippen LogP contribution is -2.48. The molecular formula is C22H25ClN4O5S. The van der Waals surface area contributed by atoms with Crippen LogP contribution in [0.5, 0.6) is 0 Å². The van der Waals surface area contributed by atoms with Gasteiger partial charge in [0.25, 0.3) is 17.4 Å². The molecule has 0 unspecified atom stereocenters. The van der Waals surface area contributed by atoms with E-state index in [0.29, 0.717) is 5.02 Å². The van der Waals surface area contributed by atoms with Crippen LogP contribution >= 0.6 is 11.6 Å². The molecule has 0 bridgehead atoms. The van der Waals surface area contributed by atoms with Crippen molar-refractivity contribution in [3.63, 3.8) is 0 Å². The lowest BCUT2D eigenvalue weighted by atomic mass is 10.1. The fourth-order valence-corrected chi connectivity index (χ4v) is 5.23. The third-order valence-corrected chi connectivity index (χ3v) is 7.44. The predicted molar refractivity (Wildman–Crippen MR) is 124 cm³/mol. The normalized spacial score (nSPS) is 16.1. The lowest BCUT2D eigenvalue weighted by Gasteiger charge is -2.31. The van der Waals surface area contributed by atoms with Gasteiger partial charge in [0.2, 0.25) is 10.0 Å². The summed E-state index contributed by atoms with van der Waals surface area (Å²) in [5.74, 6) is -0.871. The SMILES string of the molecule is CS(=O)(=O)N(CCN1CCn2c(ccc(C(=O)NCc3ccc(Cl)cc3)c2=O)C1=O)C1CC1. The van der Waals surface area contributed by atoms with Gasteiger partial charge in [-0.25, -0.2) is 8.42 Å². The van der Waals surface area contributed by atoms with Crippen molar-refractivity contribution in [3.05, 3.63) is 68.6 Å². The lowest BCUT2D eigenvalue weighted by molar-refractivity contribution is 0.0690. The van der Waals surface area contributed by atoms with Gasteiger partial charge in [-0.2, -0.15) is 4.31 Å². The van der Waals surface area contributed by atoms with Crippen molar-refractivity contribution in [2.24, 2.45) is 0 Å². The summed E-state index contributed by atoms with van der Waals surface area (Å²) in [6, 6.07) is 9.85. The van der Waals surface area contributed by atoms with E-state index in [4.69, 9.17) is 11.6 Å². The number of aromatic nitrogens is 1. The summed E-state index contributed by atoms with van der Waals surface area (Å²) in [6.07, 6.45) is 2.85. The fourth-order valence-electron chi connectivity index (χ4n) is 3.94. The van der Waals surface area contributed by atoms with Gasteiger partial charge in [-0.05, 0) is 42.7 Å². The Kier molecular flexibility index (Phi) is 6.60. The Morgan fingerprint density at radius 2 is 1.82 bits per heavy atom. The van der Waals surface area contributed by atoms with E-state index in [1.165, 1.54) is 27.3 Å². The number of nitrogens with zero attached hydrogens (tertiary/aromatic N) is 3. The highest BCUT2D eigenvalue weighted by Crippen LogP contribution is 2.28. The largest absolute Gasteiger partial charge is 0.348 e. The second-order valence-corrected chi connectivity index (χ2v) is 10.7. The van der Waals surface area contributed by atoms with Crippen LogP contribution in [0.15, 0.2) is 41.2 Å². The minimum atomic E-state index is -3.34. The van der Waals surface area contributed by atoms with Crippen molar-refractivity contribution in [3.8, 4) is 0 Å². The number of rotatable bonds is 8. The van der Waals surface area contributed by atoms with Gasteiger partial charge in [0.15, 0.2) is 0 Å². The number of nitrogens with one attached hydrogen (secondary N) is 1. The number of sulfonamides is 1. The maximum atomic E-state index is 12.9. The summed E-state index contributed by atoms with van der Waals surface area (Å²) in [5, 5.41) is 3.30. The summed E-state index contributed by atoms with van der Waals surface area (Å²) in [5.41, 5.74) is 0.472. The monoisotopic (exact) mass is 492 g/mol. The maximum Gasteiger partial charge on any atom is 0.270 e. The number of fused-ring (bicyclic) bond motifs is 1. The van der Waals surface area contributed by atoms with Crippen molar-refractivity contribution in [2.75, 3.05) is 25.9 Å². The van der Waals surface area contributed by atoms with E-state index in [-0.39, 0.29) is 55.9 Å². The zero-order valence-electron chi connectivity index (χ0n) is 18.2. The van der Waals surface area contributed by atoms with Crippen LogP contribution in [0.2, 0.25) is 5.02 Å². The number of pyridine rings is 1. The average molecular weight is 493 g/mol. The summed E-state index contributed by atoms with van der Waals surface area (Å²) in [6.45, 7) is 1.22. The minimum Gasteiger partial charge on any atom is -0.348 e. The molecule has 0 spiro atoms. The van der Waals surface area contributed by atoms with Crippen LogP contribution in [0.3, 0.4) is 0 Å². The first-order valence-corrected chi connectivity index (χ1v) is 12.9. The van der Waals surface area contributed by atoms with E-state index in [2.05, 4.69) is 5.32 Å². The number of hydrogen-bond acceptors (Lipinski definition) is 5. The third-order valence-electron chi connectivity index (χ3n) is 5.86. The molecule has 4 rings (SSSR count).